The Morgan fingerprint density at radius 1 is 0.913 bits per heavy atom. The summed E-state index contributed by atoms with van der Waals surface area (Å²) in [5, 5.41) is 13.9. The van der Waals surface area contributed by atoms with Crippen LogP contribution in [0.1, 0.15) is 0 Å². The highest BCUT2D eigenvalue weighted by Crippen LogP contribution is 2.20. The summed E-state index contributed by atoms with van der Waals surface area (Å²) in [4.78, 5) is 4.19. The fraction of sp³-hybridized carbons (Fsp3) is 0. The Bertz CT molecular complexity index is 844. The fourth-order valence-electron chi connectivity index (χ4n) is 1.83. The Kier molecular flexibility index (Phi) is 4.29. The molecule has 0 spiro atoms. The van der Waals surface area contributed by atoms with Crippen molar-refractivity contribution in [2.24, 2.45) is 0 Å². The van der Waals surface area contributed by atoms with E-state index in [1.54, 1.807) is 18.2 Å². The van der Waals surface area contributed by atoms with E-state index in [0.29, 0.717) is 16.5 Å². The zero-order valence-electron chi connectivity index (χ0n) is 11.6. The number of rotatable bonds is 4. The first-order valence-corrected chi connectivity index (χ1v) is 6.92. The lowest BCUT2D eigenvalue weighted by atomic mass is 10.3. The molecule has 0 atom stereocenters. The zero-order valence-corrected chi connectivity index (χ0v) is 12.4. The molecule has 0 amide bonds. The number of benzene rings is 2. The third-order valence-corrected chi connectivity index (χ3v) is 3.07. The first kappa shape index (κ1) is 15.1. The van der Waals surface area contributed by atoms with Gasteiger partial charge in [0.15, 0.2) is 17.5 Å². The molecule has 0 aliphatic carbocycles. The van der Waals surface area contributed by atoms with Crippen molar-refractivity contribution < 1.29 is 8.78 Å². The summed E-state index contributed by atoms with van der Waals surface area (Å²) in [5.41, 5.74) is 1.04. The number of nitrogens with zero attached hydrogens (tertiary/aromatic N) is 3. The van der Waals surface area contributed by atoms with Crippen molar-refractivity contribution in [1.82, 2.24) is 15.2 Å². The third-order valence-electron chi connectivity index (χ3n) is 2.83. The monoisotopic (exact) mass is 333 g/mol. The van der Waals surface area contributed by atoms with Crippen LogP contribution in [-0.4, -0.2) is 15.2 Å². The van der Waals surface area contributed by atoms with Crippen molar-refractivity contribution >= 4 is 34.7 Å². The number of halogens is 3. The van der Waals surface area contributed by atoms with Gasteiger partial charge in [0.2, 0.25) is 5.95 Å². The lowest BCUT2D eigenvalue weighted by Crippen LogP contribution is -2.02. The minimum absolute atomic E-state index is 0.142. The molecule has 0 unspecified atom stereocenters. The predicted molar refractivity (Wildman–Crippen MR) is 84.2 cm³/mol. The molecule has 2 N–H and O–H groups in total. The molecule has 5 nitrogen and oxygen atoms in total. The quantitative estimate of drug-likeness (QED) is 0.745. The highest BCUT2D eigenvalue weighted by molar-refractivity contribution is 6.30. The van der Waals surface area contributed by atoms with E-state index in [0.717, 1.165) is 17.8 Å². The van der Waals surface area contributed by atoms with Gasteiger partial charge in [0, 0.05) is 22.5 Å². The van der Waals surface area contributed by atoms with Gasteiger partial charge in [-0.25, -0.2) is 8.78 Å². The van der Waals surface area contributed by atoms with Crippen LogP contribution in [0, 0.1) is 11.6 Å². The van der Waals surface area contributed by atoms with Crippen LogP contribution in [-0.2, 0) is 0 Å². The molecule has 8 heteroatoms. The highest BCUT2D eigenvalue weighted by atomic mass is 35.5. The van der Waals surface area contributed by atoms with Gasteiger partial charge in [-0.2, -0.15) is 10.1 Å². The van der Waals surface area contributed by atoms with Gasteiger partial charge in [0.05, 0.1) is 6.20 Å². The lowest BCUT2D eigenvalue weighted by molar-refractivity contribution is 0.509. The van der Waals surface area contributed by atoms with Gasteiger partial charge in [0.25, 0.3) is 0 Å². The van der Waals surface area contributed by atoms with E-state index in [1.807, 2.05) is 6.07 Å². The van der Waals surface area contributed by atoms with Crippen LogP contribution in [0.3, 0.4) is 0 Å². The summed E-state index contributed by atoms with van der Waals surface area (Å²) in [5.74, 6) is -1.32. The zero-order chi connectivity index (χ0) is 16.2. The molecule has 1 heterocycles. The van der Waals surface area contributed by atoms with Gasteiger partial charge < -0.3 is 10.6 Å². The molecule has 116 valence electrons. The minimum Gasteiger partial charge on any atom is -0.339 e. The number of hydrogen-bond acceptors (Lipinski definition) is 5. The normalized spacial score (nSPS) is 10.4. The van der Waals surface area contributed by atoms with Gasteiger partial charge in [-0.15, -0.1) is 5.10 Å². The largest absolute Gasteiger partial charge is 0.339 e. The topological polar surface area (TPSA) is 62.7 Å². The molecule has 2 aromatic carbocycles. The maximum Gasteiger partial charge on any atom is 0.249 e. The second-order valence-electron chi connectivity index (χ2n) is 4.55. The molecule has 23 heavy (non-hydrogen) atoms. The summed E-state index contributed by atoms with van der Waals surface area (Å²) >= 11 is 5.91. The molecular formula is C15H10ClF2N5. The second-order valence-corrected chi connectivity index (χ2v) is 4.99. The average Bonchev–Trinajstić information content (AvgIpc) is 2.51. The van der Waals surface area contributed by atoms with Gasteiger partial charge in [0.1, 0.15) is 0 Å². The molecule has 0 bridgehead atoms. The van der Waals surface area contributed by atoms with Gasteiger partial charge >= 0.3 is 0 Å². The van der Waals surface area contributed by atoms with E-state index < -0.39 is 11.6 Å². The first-order chi connectivity index (χ1) is 11.1. The van der Waals surface area contributed by atoms with E-state index in [1.165, 1.54) is 12.3 Å². The Hall–Kier alpha value is -2.80. The van der Waals surface area contributed by atoms with Crippen LogP contribution in [0.15, 0.2) is 48.7 Å². The molecule has 0 aliphatic heterocycles. The summed E-state index contributed by atoms with van der Waals surface area (Å²) in [6, 6.07) is 10.5. The molecule has 0 radical (unpaired) electrons. The number of anilines is 4. The van der Waals surface area contributed by atoms with Crippen molar-refractivity contribution in [3.63, 3.8) is 0 Å². The van der Waals surface area contributed by atoms with Crippen LogP contribution >= 0.6 is 11.6 Å². The number of aromatic nitrogens is 3. The fourth-order valence-corrected chi connectivity index (χ4v) is 2.02. The minimum atomic E-state index is -0.962. The van der Waals surface area contributed by atoms with Crippen LogP contribution in [0.4, 0.5) is 31.9 Å². The molecular weight excluding hydrogens is 324 g/mol. The van der Waals surface area contributed by atoms with E-state index in [2.05, 4.69) is 25.8 Å². The van der Waals surface area contributed by atoms with Crippen molar-refractivity contribution in [2.75, 3.05) is 10.6 Å². The van der Waals surface area contributed by atoms with Gasteiger partial charge in [-0.1, -0.05) is 17.7 Å². The molecule has 3 aromatic rings. The van der Waals surface area contributed by atoms with Gasteiger partial charge in [-0.05, 0) is 30.3 Å². The van der Waals surface area contributed by atoms with Crippen molar-refractivity contribution in [3.8, 4) is 0 Å². The van der Waals surface area contributed by atoms with Crippen LogP contribution < -0.4 is 10.6 Å². The van der Waals surface area contributed by atoms with E-state index in [9.17, 15) is 8.78 Å². The van der Waals surface area contributed by atoms with E-state index in [-0.39, 0.29) is 5.95 Å². The molecule has 1 aromatic heterocycles. The average molecular weight is 334 g/mol. The maximum absolute atomic E-state index is 13.2. The van der Waals surface area contributed by atoms with Crippen LogP contribution in [0.2, 0.25) is 5.02 Å². The lowest BCUT2D eigenvalue weighted by Gasteiger charge is -2.08. The Morgan fingerprint density at radius 2 is 1.74 bits per heavy atom. The Balaban J connectivity index is 1.78. The standard InChI is InChI=1S/C15H10ClF2N5/c16-9-2-1-3-10(6-9)20-14-8-19-23-15(22-14)21-11-4-5-12(17)13(18)7-11/h1-8H,(H2,20,21,22,23). The Morgan fingerprint density at radius 3 is 2.52 bits per heavy atom. The molecule has 0 saturated carbocycles. The first-order valence-electron chi connectivity index (χ1n) is 6.54. The van der Waals surface area contributed by atoms with Gasteiger partial charge in [-0.3, -0.25) is 0 Å². The predicted octanol–water partition coefficient (Wildman–Crippen LogP) is 4.29. The molecule has 0 fully saturated rings. The van der Waals surface area contributed by atoms with Crippen LogP contribution in [0.25, 0.3) is 0 Å². The van der Waals surface area contributed by atoms with Crippen molar-refractivity contribution in [3.05, 3.63) is 65.3 Å². The summed E-state index contributed by atoms with van der Waals surface area (Å²) in [6.45, 7) is 0. The smallest absolute Gasteiger partial charge is 0.249 e. The molecule has 0 saturated heterocycles. The van der Waals surface area contributed by atoms with Crippen molar-refractivity contribution in [1.29, 1.82) is 0 Å². The second kappa shape index (κ2) is 6.53. The van der Waals surface area contributed by atoms with Crippen molar-refractivity contribution in [2.45, 2.75) is 0 Å². The summed E-state index contributed by atoms with van der Waals surface area (Å²) in [7, 11) is 0. The molecule has 0 aliphatic rings. The summed E-state index contributed by atoms with van der Waals surface area (Å²) in [6.07, 6.45) is 1.43. The third kappa shape index (κ3) is 3.89. The SMILES string of the molecule is Fc1ccc(Nc2nncc(Nc3cccc(Cl)c3)n2)cc1F. The maximum atomic E-state index is 13.2. The molecule has 3 rings (SSSR count). The van der Waals surface area contributed by atoms with E-state index in [4.69, 9.17) is 11.6 Å². The van der Waals surface area contributed by atoms with Crippen LogP contribution in [0.5, 0.6) is 0 Å². The summed E-state index contributed by atoms with van der Waals surface area (Å²) < 4.78 is 26.1. The highest BCUT2D eigenvalue weighted by Gasteiger charge is 2.06. The Labute approximate surface area is 135 Å². The number of nitrogens with one attached hydrogen (secondary N) is 2. The number of hydrogen-bond donors (Lipinski definition) is 2. The van der Waals surface area contributed by atoms with E-state index >= 15 is 0 Å².